The maximum Gasteiger partial charge on any atom is 0.156 e. The quantitative estimate of drug-likeness (QED) is 0.830. The van der Waals surface area contributed by atoms with Gasteiger partial charge in [-0.2, -0.15) is 0 Å². The number of aryl methyl sites for hydroxylation is 1. The van der Waals surface area contributed by atoms with E-state index < -0.39 is 14.6 Å². The van der Waals surface area contributed by atoms with Gasteiger partial charge >= 0.3 is 0 Å². The second-order valence-corrected chi connectivity index (χ2v) is 8.60. The fraction of sp³-hybridized carbons (Fsp3) is 0.643. The molecule has 0 radical (unpaired) electrons. The van der Waals surface area contributed by atoms with Gasteiger partial charge in [0.1, 0.15) is 0 Å². The molecular formula is C14H22N2O2S. The average molecular weight is 282 g/mol. The molecule has 4 nitrogen and oxygen atoms in total. The van der Waals surface area contributed by atoms with Gasteiger partial charge in [0.25, 0.3) is 0 Å². The van der Waals surface area contributed by atoms with E-state index in [1.807, 2.05) is 26.8 Å². The van der Waals surface area contributed by atoms with Crippen LogP contribution in [0.1, 0.15) is 31.5 Å². The van der Waals surface area contributed by atoms with Crippen LogP contribution in [0.25, 0.3) is 0 Å². The highest BCUT2D eigenvalue weighted by Crippen LogP contribution is 2.25. The molecule has 1 aliphatic rings. The van der Waals surface area contributed by atoms with Gasteiger partial charge in [-0.15, -0.1) is 0 Å². The normalized spacial score (nSPS) is 22.9. The first kappa shape index (κ1) is 14.5. The lowest BCUT2D eigenvalue weighted by atomic mass is 10.1. The molecular weight excluding hydrogens is 260 g/mol. The molecule has 2 heterocycles. The molecule has 0 atom stereocenters. The average Bonchev–Trinajstić information content (AvgIpc) is 2.43. The van der Waals surface area contributed by atoms with Crippen LogP contribution in [0.5, 0.6) is 0 Å². The number of hydrogen-bond acceptors (Lipinski definition) is 4. The van der Waals surface area contributed by atoms with Crippen molar-refractivity contribution in [3.63, 3.8) is 0 Å². The van der Waals surface area contributed by atoms with Gasteiger partial charge in [-0.3, -0.25) is 9.88 Å². The van der Waals surface area contributed by atoms with Gasteiger partial charge in [-0.25, -0.2) is 8.42 Å². The smallest absolute Gasteiger partial charge is 0.156 e. The molecule has 0 unspecified atom stereocenters. The van der Waals surface area contributed by atoms with E-state index in [0.29, 0.717) is 13.0 Å². The van der Waals surface area contributed by atoms with E-state index in [-0.39, 0.29) is 5.75 Å². The van der Waals surface area contributed by atoms with Gasteiger partial charge in [0, 0.05) is 31.5 Å². The van der Waals surface area contributed by atoms with Crippen LogP contribution < -0.4 is 0 Å². The minimum absolute atomic E-state index is 0.249. The van der Waals surface area contributed by atoms with Crippen LogP contribution in [0.4, 0.5) is 0 Å². The van der Waals surface area contributed by atoms with E-state index in [1.54, 1.807) is 6.20 Å². The molecule has 0 aromatic carbocycles. The predicted molar refractivity (Wildman–Crippen MR) is 76.7 cm³/mol. The van der Waals surface area contributed by atoms with Crippen LogP contribution in [-0.4, -0.2) is 41.9 Å². The molecule has 5 heteroatoms. The monoisotopic (exact) mass is 282 g/mol. The fourth-order valence-corrected chi connectivity index (χ4v) is 3.76. The Hall–Kier alpha value is -0.940. The minimum Gasteiger partial charge on any atom is -0.298 e. The first-order valence-corrected chi connectivity index (χ1v) is 8.32. The van der Waals surface area contributed by atoms with Gasteiger partial charge in [0.2, 0.25) is 0 Å². The predicted octanol–water partition coefficient (Wildman–Crippen LogP) is 1.79. The second kappa shape index (κ2) is 5.21. The molecule has 1 aromatic rings. The van der Waals surface area contributed by atoms with E-state index in [9.17, 15) is 8.42 Å². The van der Waals surface area contributed by atoms with Crippen molar-refractivity contribution in [2.24, 2.45) is 0 Å². The van der Waals surface area contributed by atoms with Crippen LogP contribution >= 0.6 is 0 Å². The summed E-state index contributed by atoms with van der Waals surface area (Å²) in [6, 6.07) is 3.99. The van der Waals surface area contributed by atoms with Crippen LogP contribution in [-0.2, 0) is 16.4 Å². The first-order chi connectivity index (χ1) is 8.82. The lowest BCUT2D eigenvalue weighted by molar-refractivity contribution is 0.275. The van der Waals surface area contributed by atoms with E-state index >= 15 is 0 Å². The van der Waals surface area contributed by atoms with Crippen molar-refractivity contribution in [2.45, 2.75) is 38.5 Å². The lowest BCUT2D eigenvalue weighted by Crippen LogP contribution is -2.33. The molecule has 0 aliphatic carbocycles. The summed E-state index contributed by atoms with van der Waals surface area (Å²) in [5.74, 6) is 0.249. The second-order valence-electron chi connectivity index (χ2n) is 5.85. The largest absolute Gasteiger partial charge is 0.298 e. The Morgan fingerprint density at radius 2 is 2.11 bits per heavy atom. The third kappa shape index (κ3) is 3.15. The van der Waals surface area contributed by atoms with Crippen molar-refractivity contribution < 1.29 is 8.42 Å². The van der Waals surface area contributed by atoms with Gasteiger partial charge < -0.3 is 0 Å². The van der Waals surface area contributed by atoms with Crippen molar-refractivity contribution in [3.8, 4) is 0 Å². The Bertz CT molecular complexity index is 552. The Labute approximate surface area is 115 Å². The van der Waals surface area contributed by atoms with E-state index in [2.05, 4.69) is 16.0 Å². The van der Waals surface area contributed by atoms with Gasteiger partial charge in [0.15, 0.2) is 9.84 Å². The summed E-state index contributed by atoms with van der Waals surface area (Å²) in [5.41, 5.74) is 2.20. The van der Waals surface area contributed by atoms with Crippen LogP contribution in [0.3, 0.4) is 0 Å². The maximum atomic E-state index is 12.1. The van der Waals surface area contributed by atoms with Crippen LogP contribution in [0.2, 0.25) is 0 Å². The van der Waals surface area contributed by atoms with E-state index in [1.165, 1.54) is 5.56 Å². The van der Waals surface area contributed by atoms with E-state index in [0.717, 1.165) is 18.8 Å². The zero-order valence-corrected chi connectivity index (χ0v) is 12.7. The number of pyridine rings is 1. The summed E-state index contributed by atoms with van der Waals surface area (Å²) < 4.78 is 23.7. The summed E-state index contributed by atoms with van der Waals surface area (Å²) >= 11 is 0. The standard InChI is InChI=1S/C14H22N2O2S/c1-12-13(5-4-7-15-12)11-16-8-6-14(2,3)19(17,18)10-9-16/h4-5,7H,6,8-11H2,1-3H3. The van der Waals surface area contributed by atoms with Gasteiger partial charge in [-0.1, -0.05) is 6.07 Å². The highest BCUT2D eigenvalue weighted by atomic mass is 32.2. The fourth-order valence-electron chi connectivity index (χ4n) is 2.30. The zero-order chi connectivity index (χ0) is 14.1. The number of aromatic nitrogens is 1. The topological polar surface area (TPSA) is 50.3 Å². The van der Waals surface area contributed by atoms with Gasteiger partial charge in [0.05, 0.1) is 10.5 Å². The molecule has 106 valence electrons. The molecule has 1 saturated heterocycles. The van der Waals surface area contributed by atoms with Crippen LogP contribution in [0.15, 0.2) is 18.3 Å². The molecule has 0 bridgehead atoms. The maximum absolute atomic E-state index is 12.1. The molecule has 19 heavy (non-hydrogen) atoms. The van der Waals surface area contributed by atoms with Crippen molar-refractivity contribution in [2.75, 3.05) is 18.8 Å². The summed E-state index contributed by atoms with van der Waals surface area (Å²) in [7, 11) is -2.99. The SMILES string of the molecule is Cc1ncccc1CN1CCC(C)(C)S(=O)(=O)CC1. The number of hydrogen-bond donors (Lipinski definition) is 0. The summed E-state index contributed by atoms with van der Waals surface area (Å²) in [5, 5.41) is 0. The molecule has 1 fully saturated rings. The molecule has 2 rings (SSSR count). The minimum atomic E-state index is -2.99. The number of rotatable bonds is 2. The highest BCUT2D eigenvalue weighted by Gasteiger charge is 2.36. The van der Waals surface area contributed by atoms with Crippen LogP contribution in [0, 0.1) is 6.92 Å². The molecule has 0 spiro atoms. The number of nitrogens with zero attached hydrogens (tertiary/aromatic N) is 2. The van der Waals surface area contributed by atoms with Gasteiger partial charge in [-0.05, 0) is 38.8 Å². The Kier molecular flexibility index (Phi) is 3.97. The lowest BCUT2D eigenvalue weighted by Gasteiger charge is -2.22. The van der Waals surface area contributed by atoms with E-state index in [4.69, 9.17) is 0 Å². The Morgan fingerprint density at radius 1 is 1.37 bits per heavy atom. The Balaban J connectivity index is 2.11. The highest BCUT2D eigenvalue weighted by molar-refractivity contribution is 7.92. The summed E-state index contributed by atoms with van der Waals surface area (Å²) in [4.78, 5) is 6.50. The van der Waals surface area contributed by atoms with Crippen molar-refractivity contribution in [1.29, 1.82) is 0 Å². The zero-order valence-electron chi connectivity index (χ0n) is 11.9. The van der Waals surface area contributed by atoms with Crippen molar-refractivity contribution in [3.05, 3.63) is 29.6 Å². The third-order valence-corrected chi connectivity index (χ3v) is 6.67. The van der Waals surface area contributed by atoms with Crippen molar-refractivity contribution >= 4 is 9.84 Å². The summed E-state index contributed by atoms with van der Waals surface area (Å²) in [6.07, 6.45) is 2.48. The van der Waals surface area contributed by atoms with Crippen molar-refractivity contribution in [1.82, 2.24) is 9.88 Å². The number of sulfone groups is 1. The third-order valence-electron chi connectivity index (χ3n) is 4.06. The summed E-state index contributed by atoms with van der Waals surface area (Å²) in [6.45, 7) is 7.88. The first-order valence-electron chi connectivity index (χ1n) is 6.67. The molecule has 0 N–H and O–H groups in total. The Morgan fingerprint density at radius 3 is 2.79 bits per heavy atom. The molecule has 0 saturated carbocycles. The molecule has 1 aliphatic heterocycles. The molecule has 1 aromatic heterocycles. The molecule has 0 amide bonds.